The lowest BCUT2D eigenvalue weighted by molar-refractivity contribution is 0.0697. The van der Waals surface area contributed by atoms with E-state index in [9.17, 15) is 9.90 Å². The van der Waals surface area contributed by atoms with Crippen molar-refractivity contribution in [2.45, 2.75) is 64.3 Å². The fourth-order valence-corrected chi connectivity index (χ4v) is 7.51. The molecule has 9 heteroatoms. The third-order valence-electron chi connectivity index (χ3n) is 9.69. The van der Waals surface area contributed by atoms with Crippen molar-refractivity contribution in [3.8, 4) is 17.0 Å². The highest BCUT2D eigenvalue weighted by Crippen LogP contribution is 2.49. The molecular weight excluding hydrogens is 585 g/mol. The first-order valence-corrected chi connectivity index (χ1v) is 15.7. The number of likely N-dealkylation sites (tertiary alicyclic amines) is 1. The minimum atomic E-state index is -0.879. The highest BCUT2D eigenvalue weighted by atomic mass is 35.5. The summed E-state index contributed by atoms with van der Waals surface area (Å²) < 4.78 is 14.3. The van der Waals surface area contributed by atoms with Crippen molar-refractivity contribution in [1.82, 2.24) is 9.47 Å². The Morgan fingerprint density at radius 1 is 1.05 bits per heavy atom. The number of rotatable bonds is 9. The molecule has 0 radical (unpaired) electrons. The number of likely N-dealkylation sites (N-methyl/N-ethyl adjacent to an activating group) is 1. The van der Waals surface area contributed by atoms with Crippen LogP contribution in [0.15, 0.2) is 36.4 Å². The van der Waals surface area contributed by atoms with Crippen molar-refractivity contribution in [1.29, 1.82) is 0 Å². The van der Waals surface area contributed by atoms with Crippen LogP contribution in [0, 0.1) is 5.92 Å². The lowest BCUT2D eigenvalue weighted by Crippen LogP contribution is -2.40. The number of fused-ring (bicyclic) bond motifs is 5. The monoisotopic (exact) mass is 631 g/mol. The number of anilines is 1. The van der Waals surface area contributed by atoms with E-state index in [4.69, 9.17) is 9.47 Å². The van der Waals surface area contributed by atoms with Crippen LogP contribution in [0.5, 0.6) is 5.75 Å². The van der Waals surface area contributed by atoms with Crippen molar-refractivity contribution in [2.24, 2.45) is 5.92 Å². The van der Waals surface area contributed by atoms with Crippen LogP contribution in [0.2, 0.25) is 0 Å². The Bertz CT molecular complexity index is 1380. The van der Waals surface area contributed by atoms with Gasteiger partial charge in [0, 0.05) is 49.8 Å². The number of hydrogen-bond acceptors (Lipinski definition) is 5. The van der Waals surface area contributed by atoms with Crippen LogP contribution in [0.4, 0.5) is 5.69 Å². The number of methoxy groups -OCH3 is 1. The summed E-state index contributed by atoms with van der Waals surface area (Å²) >= 11 is 0. The second-order valence-electron chi connectivity index (χ2n) is 12.1. The van der Waals surface area contributed by atoms with Crippen LogP contribution in [-0.2, 0) is 11.3 Å². The van der Waals surface area contributed by atoms with Crippen LogP contribution in [0.25, 0.3) is 22.2 Å². The van der Waals surface area contributed by atoms with E-state index < -0.39 is 5.97 Å². The van der Waals surface area contributed by atoms with Gasteiger partial charge in [0.15, 0.2) is 5.75 Å². The molecule has 236 valence electrons. The molecule has 0 bridgehead atoms. The summed E-state index contributed by atoms with van der Waals surface area (Å²) in [4.78, 5) is 17.0. The molecule has 2 aliphatic heterocycles. The molecule has 1 aromatic heterocycles. The smallest absolute Gasteiger partial charge is 0.335 e. The number of piperidine rings is 1. The van der Waals surface area contributed by atoms with Crippen molar-refractivity contribution in [3.05, 3.63) is 47.5 Å². The summed E-state index contributed by atoms with van der Waals surface area (Å²) in [7, 11) is 1.81. The highest BCUT2D eigenvalue weighted by Gasteiger charge is 2.31. The second-order valence-corrected chi connectivity index (χ2v) is 12.1. The van der Waals surface area contributed by atoms with Gasteiger partial charge < -0.3 is 28.9 Å². The maximum atomic E-state index is 11.9. The van der Waals surface area contributed by atoms with Crippen LogP contribution in [-0.4, -0.2) is 73.6 Å². The van der Waals surface area contributed by atoms with Crippen molar-refractivity contribution in [3.63, 3.8) is 0 Å². The number of aromatic nitrogens is 1. The number of ether oxygens (including phenoxy) is 2. The Labute approximate surface area is 268 Å². The number of aromatic carboxylic acids is 1. The molecule has 3 aliphatic rings. The van der Waals surface area contributed by atoms with Gasteiger partial charge in [0.1, 0.15) is 6.61 Å². The quantitative estimate of drug-likeness (QED) is 0.264. The number of benzene rings is 2. The molecule has 6 rings (SSSR count). The molecule has 3 aromatic rings. The van der Waals surface area contributed by atoms with Gasteiger partial charge in [0.05, 0.1) is 23.5 Å². The molecule has 2 aromatic carbocycles. The predicted molar refractivity (Wildman–Crippen MR) is 179 cm³/mol. The van der Waals surface area contributed by atoms with Crippen molar-refractivity contribution in [2.75, 3.05) is 57.9 Å². The number of para-hydroxylation sites is 1. The molecule has 1 saturated carbocycles. The lowest BCUT2D eigenvalue weighted by Gasteiger charge is -2.34. The number of hydrogen-bond donors (Lipinski definition) is 1. The SMILES string of the molecule is CCN(CCN1CCC(COC)CC1)c1cccc2c1OCCn1c-2c(C2CCCCC2)c2ccc(C(=O)O)cc21.Cl.Cl. The highest BCUT2D eigenvalue weighted by molar-refractivity contribution is 5.99. The molecular formula is C34H47Cl2N3O4. The van der Waals surface area contributed by atoms with Crippen LogP contribution in [0.1, 0.15) is 73.7 Å². The average Bonchev–Trinajstić information content (AvgIpc) is 3.19. The van der Waals surface area contributed by atoms with Gasteiger partial charge in [-0.15, -0.1) is 24.8 Å². The van der Waals surface area contributed by atoms with Gasteiger partial charge in [-0.3, -0.25) is 0 Å². The standard InChI is InChI=1S/C34H45N3O4.2ClH/c1-3-36(19-18-35-16-14-24(15-17-35)23-40-2)29-11-7-10-28-32-31(25-8-5-4-6-9-25)27-13-12-26(34(38)39)22-30(27)37(32)20-21-41-33(28)29;;/h7,10-13,22,24-25H,3-6,8-9,14-21,23H2,1-2H3,(H,38,39);2*1H. The van der Waals surface area contributed by atoms with Gasteiger partial charge in [-0.25, -0.2) is 4.79 Å². The first-order valence-electron chi connectivity index (χ1n) is 15.7. The molecule has 0 atom stereocenters. The Balaban J connectivity index is 0.00000212. The van der Waals surface area contributed by atoms with E-state index in [2.05, 4.69) is 45.6 Å². The molecule has 2 fully saturated rings. The topological polar surface area (TPSA) is 67.2 Å². The number of carboxylic acid groups (broad SMARTS) is 1. The first-order chi connectivity index (χ1) is 20.1. The number of carbonyl (C=O) groups is 1. The lowest BCUT2D eigenvalue weighted by atomic mass is 9.81. The molecule has 1 saturated heterocycles. The van der Waals surface area contributed by atoms with Crippen LogP contribution in [0.3, 0.4) is 0 Å². The maximum absolute atomic E-state index is 11.9. The predicted octanol–water partition coefficient (Wildman–Crippen LogP) is 7.47. The molecule has 0 unspecified atom stereocenters. The minimum absolute atomic E-state index is 0. The summed E-state index contributed by atoms with van der Waals surface area (Å²) in [6.07, 6.45) is 8.59. The van der Waals surface area contributed by atoms with Gasteiger partial charge in [0.2, 0.25) is 0 Å². The third-order valence-corrected chi connectivity index (χ3v) is 9.69. The van der Waals surface area contributed by atoms with Gasteiger partial charge in [-0.2, -0.15) is 0 Å². The van der Waals surface area contributed by atoms with Crippen LogP contribution >= 0.6 is 24.8 Å². The second kappa shape index (κ2) is 15.0. The fraction of sp³-hybridized carbons (Fsp3) is 0.559. The Morgan fingerprint density at radius 3 is 2.51 bits per heavy atom. The zero-order valence-electron chi connectivity index (χ0n) is 25.6. The fourth-order valence-electron chi connectivity index (χ4n) is 7.51. The first kappa shape index (κ1) is 33.4. The zero-order valence-corrected chi connectivity index (χ0v) is 27.2. The summed E-state index contributed by atoms with van der Waals surface area (Å²) in [5, 5.41) is 11.0. The van der Waals surface area contributed by atoms with E-state index in [-0.39, 0.29) is 24.8 Å². The molecule has 1 N–H and O–H groups in total. The van der Waals surface area contributed by atoms with Crippen molar-refractivity contribution < 1.29 is 19.4 Å². The zero-order chi connectivity index (χ0) is 28.3. The third kappa shape index (κ3) is 6.80. The maximum Gasteiger partial charge on any atom is 0.335 e. The van der Waals surface area contributed by atoms with E-state index in [1.54, 1.807) is 13.2 Å². The van der Waals surface area contributed by atoms with Crippen LogP contribution < -0.4 is 9.64 Å². The van der Waals surface area contributed by atoms with E-state index in [1.165, 1.54) is 67.3 Å². The number of carboxylic acids is 1. The van der Waals surface area contributed by atoms with Gasteiger partial charge in [-0.1, -0.05) is 31.4 Å². The number of nitrogens with zero attached hydrogens (tertiary/aromatic N) is 3. The Morgan fingerprint density at radius 2 is 1.81 bits per heavy atom. The number of halogens is 2. The molecule has 3 heterocycles. The summed E-state index contributed by atoms with van der Waals surface area (Å²) in [5.74, 6) is 1.27. The molecule has 1 aliphatic carbocycles. The molecule has 0 spiro atoms. The van der Waals surface area contributed by atoms with Gasteiger partial charge in [0.25, 0.3) is 0 Å². The van der Waals surface area contributed by atoms with Crippen molar-refractivity contribution >= 4 is 47.4 Å². The van der Waals surface area contributed by atoms with Gasteiger partial charge in [-0.05, 0) is 87.4 Å². The molecule has 7 nitrogen and oxygen atoms in total. The van der Waals surface area contributed by atoms with E-state index >= 15 is 0 Å². The van der Waals surface area contributed by atoms with E-state index in [0.717, 1.165) is 56.2 Å². The molecule has 0 amide bonds. The van der Waals surface area contributed by atoms with Gasteiger partial charge >= 0.3 is 5.97 Å². The van der Waals surface area contributed by atoms with E-state index in [1.807, 2.05) is 6.07 Å². The largest absolute Gasteiger partial charge is 0.489 e. The average molecular weight is 633 g/mol. The summed E-state index contributed by atoms with van der Waals surface area (Å²) in [6, 6.07) is 12.3. The normalized spacial score (nSPS) is 17.6. The summed E-state index contributed by atoms with van der Waals surface area (Å²) in [6.45, 7) is 9.58. The Kier molecular flexibility index (Phi) is 11.7. The summed E-state index contributed by atoms with van der Waals surface area (Å²) in [5.41, 5.74) is 6.30. The Hall–Kier alpha value is -2.45. The molecule has 43 heavy (non-hydrogen) atoms. The minimum Gasteiger partial charge on any atom is -0.489 e. The van der Waals surface area contributed by atoms with E-state index in [0.29, 0.717) is 30.6 Å².